The summed E-state index contributed by atoms with van der Waals surface area (Å²) >= 11 is 0. The second-order valence-corrected chi connectivity index (χ2v) is 7.89. The molecule has 0 aliphatic rings. The van der Waals surface area contributed by atoms with Crippen LogP contribution in [0.1, 0.15) is 31.0 Å². The quantitative estimate of drug-likeness (QED) is 0.297. The molecular formula is C28H27NO5. The van der Waals surface area contributed by atoms with Crippen molar-refractivity contribution in [1.82, 2.24) is 4.98 Å². The van der Waals surface area contributed by atoms with Crippen molar-refractivity contribution in [2.24, 2.45) is 0 Å². The van der Waals surface area contributed by atoms with Crippen LogP contribution < -0.4 is 14.2 Å². The number of para-hydroxylation sites is 2. The molecule has 174 valence electrons. The molecule has 0 saturated carbocycles. The van der Waals surface area contributed by atoms with Crippen LogP contribution in [0.4, 0.5) is 0 Å². The van der Waals surface area contributed by atoms with Crippen molar-refractivity contribution in [1.29, 1.82) is 0 Å². The predicted molar refractivity (Wildman–Crippen MR) is 130 cm³/mol. The monoisotopic (exact) mass is 457 g/mol. The summed E-state index contributed by atoms with van der Waals surface area (Å²) in [6.07, 6.45) is 0.293. The third-order valence-corrected chi connectivity index (χ3v) is 5.33. The Morgan fingerprint density at radius 2 is 1.53 bits per heavy atom. The Kier molecular flexibility index (Phi) is 7.60. The van der Waals surface area contributed by atoms with Gasteiger partial charge in [-0.2, -0.15) is 0 Å². The number of aliphatic carboxylic acids is 1. The number of aromatic nitrogens is 1. The van der Waals surface area contributed by atoms with E-state index in [1.165, 1.54) is 0 Å². The Morgan fingerprint density at radius 3 is 2.26 bits per heavy atom. The molecule has 0 fully saturated rings. The fourth-order valence-corrected chi connectivity index (χ4v) is 3.53. The number of carboxylic acids is 1. The number of pyridine rings is 1. The highest BCUT2D eigenvalue weighted by molar-refractivity contribution is 5.78. The third-order valence-electron chi connectivity index (χ3n) is 5.33. The van der Waals surface area contributed by atoms with Gasteiger partial charge in [-0.1, -0.05) is 55.8 Å². The Balaban J connectivity index is 1.34. The third kappa shape index (κ3) is 6.04. The van der Waals surface area contributed by atoms with E-state index in [1.807, 2.05) is 85.8 Å². The number of hydrogen-bond donors (Lipinski definition) is 1. The van der Waals surface area contributed by atoms with Gasteiger partial charge in [0.05, 0.1) is 11.2 Å². The van der Waals surface area contributed by atoms with E-state index in [-0.39, 0.29) is 6.61 Å². The fraction of sp³-hybridized carbons (Fsp3) is 0.214. The topological polar surface area (TPSA) is 77.9 Å². The van der Waals surface area contributed by atoms with Gasteiger partial charge in [0.25, 0.3) is 0 Å². The summed E-state index contributed by atoms with van der Waals surface area (Å²) in [5.74, 6) is 0.947. The van der Waals surface area contributed by atoms with Crippen molar-refractivity contribution in [3.63, 3.8) is 0 Å². The summed E-state index contributed by atoms with van der Waals surface area (Å²) in [6.45, 7) is 2.56. The zero-order valence-corrected chi connectivity index (χ0v) is 19.0. The van der Waals surface area contributed by atoms with E-state index in [4.69, 9.17) is 14.2 Å². The Bertz CT molecular complexity index is 1240. The van der Waals surface area contributed by atoms with E-state index < -0.39 is 12.1 Å². The molecule has 0 aliphatic heterocycles. The lowest BCUT2D eigenvalue weighted by atomic mass is 10.2. The van der Waals surface area contributed by atoms with Crippen LogP contribution in [0.3, 0.4) is 0 Å². The van der Waals surface area contributed by atoms with Gasteiger partial charge in [0.1, 0.15) is 30.5 Å². The molecule has 0 saturated heterocycles. The van der Waals surface area contributed by atoms with Gasteiger partial charge < -0.3 is 19.3 Å². The van der Waals surface area contributed by atoms with Crippen LogP contribution in [0.25, 0.3) is 10.9 Å². The second-order valence-electron chi connectivity index (χ2n) is 7.89. The maximum absolute atomic E-state index is 11.4. The van der Waals surface area contributed by atoms with E-state index >= 15 is 0 Å². The molecule has 6 nitrogen and oxygen atoms in total. The molecule has 0 bridgehead atoms. The molecule has 1 N–H and O–H groups in total. The van der Waals surface area contributed by atoms with Crippen molar-refractivity contribution in [2.45, 2.75) is 39.1 Å². The highest BCUT2D eigenvalue weighted by atomic mass is 16.5. The molecule has 0 spiro atoms. The Hall–Kier alpha value is -4.06. The van der Waals surface area contributed by atoms with Crippen molar-refractivity contribution in [2.75, 3.05) is 0 Å². The first-order valence-electron chi connectivity index (χ1n) is 11.3. The molecular weight excluding hydrogens is 430 g/mol. The van der Waals surface area contributed by atoms with Gasteiger partial charge in [-0.25, -0.2) is 9.78 Å². The minimum Gasteiger partial charge on any atom is -0.489 e. The van der Waals surface area contributed by atoms with Crippen LogP contribution in [0.2, 0.25) is 0 Å². The van der Waals surface area contributed by atoms with Crippen LogP contribution in [-0.4, -0.2) is 22.2 Å². The van der Waals surface area contributed by atoms with E-state index in [9.17, 15) is 9.90 Å². The summed E-state index contributed by atoms with van der Waals surface area (Å²) in [6, 6.07) is 26.7. The summed E-state index contributed by atoms with van der Waals surface area (Å²) in [4.78, 5) is 16.1. The maximum atomic E-state index is 11.4. The Morgan fingerprint density at radius 1 is 0.853 bits per heavy atom. The highest BCUT2D eigenvalue weighted by Crippen LogP contribution is 2.24. The van der Waals surface area contributed by atoms with Crippen molar-refractivity contribution in [3.8, 4) is 17.2 Å². The van der Waals surface area contributed by atoms with Crippen LogP contribution in [0, 0.1) is 0 Å². The van der Waals surface area contributed by atoms with Gasteiger partial charge in [-0.15, -0.1) is 0 Å². The number of benzene rings is 3. The van der Waals surface area contributed by atoms with Gasteiger partial charge in [0, 0.05) is 10.9 Å². The van der Waals surface area contributed by atoms with E-state index in [0.29, 0.717) is 24.5 Å². The molecule has 1 atom stereocenters. The molecule has 4 rings (SSSR count). The maximum Gasteiger partial charge on any atom is 0.344 e. The number of fused-ring (bicyclic) bond motifs is 1. The van der Waals surface area contributed by atoms with Crippen LogP contribution in [-0.2, 0) is 18.0 Å². The van der Waals surface area contributed by atoms with Gasteiger partial charge in [-0.3, -0.25) is 0 Å². The molecule has 6 heteroatoms. The lowest BCUT2D eigenvalue weighted by Crippen LogP contribution is -2.27. The Labute approximate surface area is 198 Å². The van der Waals surface area contributed by atoms with Crippen molar-refractivity contribution in [3.05, 3.63) is 96.2 Å². The van der Waals surface area contributed by atoms with E-state index in [1.54, 1.807) is 6.07 Å². The summed E-state index contributed by atoms with van der Waals surface area (Å²) in [7, 11) is 0. The minimum absolute atomic E-state index is 0.260. The first-order chi connectivity index (χ1) is 16.6. The van der Waals surface area contributed by atoms with E-state index in [2.05, 4.69) is 4.98 Å². The summed E-state index contributed by atoms with van der Waals surface area (Å²) < 4.78 is 17.5. The van der Waals surface area contributed by atoms with Gasteiger partial charge in [0.2, 0.25) is 0 Å². The first-order valence-corrected chi connectivity index (χ1v) is 11.3. The average Bonchev–Trinajstić information content (AvgIpc) is 2.87. The number of rotatable bonds is 11. The molecule has 34 heavy (non-hydrogen) atoms. The predicted octanol–water partition coefficient (Wildman–Crippen LogP) is 6.02. The largest absolute Gasteiger partial charge is 0.489 e. The zero-order chi connectivity index (χ0) is 23.8. The molecule has 1 unspecified atom stereocenters. The summed E-state index contributed by atoms with van der Waals surface area (Å²) in [5.41, 5.74) is 2.59. The average molecular weight is 458 g/mol. The number of ether oxygens (including phenoxy) is 3. The number of carbonyl (C=O) groups is 1. The van der Waals surface area contributed by atoms with Gasteiger partial charge >= 0.3 is 5.97 Å². The van der Waals surface area contributed by atoms with Crippen LogP contribution >= 0.6 is 0 Å². The lowest BCUT2D eigenvalue weighted by Gasteiger charge is -2.17. The standard InChI is InChI=1S/C28H27NO5/c1-2-7-27(28(30)31)34-26-11-6-4-9-21(26)18-32-23-14-16-24(17-15-23)33-19-22-13-12-20-8-3-5-10-25(20)29-22/h3-6,8-17,27H,2,7,18-19H2,1H3,(H,30,31). The van der Waals surface area contributed by atoms with Crippen LogP contribution in [0.15, 0.2) is 84.9 Å². The van der Waals surface area contributed by atoms with E-state index in [0.717, 1.165) is 34.3 Å². The fourth-order valence-electron chi connectivity index (χ4n) is 3.53. The molecule has 0 amide bonds. The normalized spacial score (nSPS) is 11.7. The molecule has 3 aromatic carbocycles. The first kappa shape index (κ1) is 23.1. The highest BCUT2D eigenvalue weighted by Gasteiger charge is 2.19. The van der Waals surface area contributed by atoms with Crippen molar-refractivity contribution < 1.29 is 24.1 Å². The zero-order valence-electron chi connectivity index (χ0n) is 19.0. The molecule has 0 aliphatic carbocycles. The molecule has 4 aromatic rings. The smallest absolute Gasteiger partial charge is 0.344 e. The molecule has 1 aromatic heterocycles. The lowest BCUT2D eigenvalue weighted by molar-refractivity contribution is -0.145. The van der Waals surface area contributed by atoms with Crippen LogP contribution in [0.5, 0.6) is 17.2 Å². The minimum atomic E-state index is -0.966. The second kappa shape index (κ2) is 11.2. The SMILES string of the molecule is CCCC(Oc1ccccc1COc1ccc(OCc2ccc3ccccc3n2)cc1)C(=O)O. The molecule has 1 heterocycles. The van der Waals surface area contributed by atoms with Gasteiger partial charge in [-0.05, 0) is 48.9 Å². The molecule has 0 radical (unpaired) electrons. The van der Waals surface area contributed by atoms with Crippen molar-refractivity contribution >= 4 is 16.9 Å². The number of carboxylic acid groups (broad SMARTS) is 1. The number of nitrogens with zero attached hydrogens (tertiary/aromatic N) is 1. The summed E-state index contributed by atoms with van der Waals surface area (Å²) in [5, 5.41) is 10.5. The van der Waals surface area contributed by atoms with Gasteiger partial charge in [0.15, 0.2) is 6.10 Å². The number of hydrogen-bond acceptors (Lipinski definition) is 5.